The van der Waals surface area contributed by atoms with Gasteiger partial charge in [0, 0.05) is 25.5 Å². The Balaban J connectivity index is 1.94. The molecule has 2 aromatic heterocycles. The van der Waals surface area contributed by atoms with Gasteiger partial charge in [-0.05, 0) is 36.8 Å². The molecule has 0 N–H and O–H groups in total. The van der Waals surface area contributed by atoms with Crippen LogP contribution in [-0.4, -0.2) is 22.8 Å². The van der Waals surface area contributed by atoms with E-state index in [9.17, 15) is 4.79 Å². The van der Waals surface area contributed by atoms with Gasteiger partial charge < -0.3 is 9.32 Å². The molecule has 0 fully saturated rings. The van der Waals surface area contributed by atoms with Crippen molar-refractivity contribution in [3.63, 3.8) is 0 Å². The lowest BCUT2D eigenvalue weighted by Crippen LogP contribution is -2.23. The molecule has 0 radical (unpaired) electrons. The second-order valence-electron chi connectivity index (χ2n) is 4.33. The molecule has 4 nitrogen and oxygen atoms in total. The Morgan fingerprint density at radius 3 is 2.89 bits per heavy atom. The van der Waals surface area contributed by atoms with Crippen molar-refractivity contribution < 1.29 is 9.21 Å². The van der Waals surface area contributed by atoms with Crippen LogP contribution in [0.15, 0.2) is 47.2 Å². The molecule has 2 heterocycles. The number of rotatable bonds is 4. The average molecular weight is 256 g/mol. The monoisotopic (exact) mass is 256 g/mol. The number of aromatic nitrogens is 1. The molecule has 0 aliphatic rings. The predicted molar refractivity (Wildman–Crippen MR) is 73.2 cm³/mol. The number of hydrogen-bond donors (Lipinski definition) is 0. The zero-order valence-corrected chi connectivity index (χ0v) is 11.0. The van der Waals surface area contributed by atoms with Gasteiger partial charge in [0.2, 0.25) is 5.91 Å². The third-order valence-electron chi connectivity index (χ3n) is 2.67. The van der Waals surface area contributed by atoms with E-state index < -0.39 is 0 Å². The van der Waals surface area contributed by atoms with E-state index in [-0.39, 0.29) is 5.91 Å². The van der Waals surface area contributed by atoms with E-state index in [2.05, 4.69) is 4.98 Å². The fraction of sp³-hybridized carbons (Fsp3) is 0.200. The first kappa shape index (κ1) is 13.1. The Bertz CT molecular complexity index is 573. The second kappa shape index (κ2) is 6.00. The summed E-state index contributed by atoms with van der Waals surface area (Å²) < 4.78 is 5.44. The quantitative estimate of drug-likeness (QED) is 0.790. The second-order valence-corrected chi connectivity index (χ2v) is 4.33. The van der Waals surface area contributed by atoms with Gasteiger partial charge in [-0.25, -0.2) is 0 Å². The summed E-state index contributed by atoms with van der Waals surface area (Å²) >= 11 is 0. The number of carbonyl (C=O) groups is 1. The number of nitrogens with zero attached hydrogens (tertiary/aromatic N) is 2. The highest BCUT2D eigenvalue weighted by Gasteiger charge is 2.08. The fourth-order valence-electron chi connectivity index (χ4n) is 1.65. The van der Waals surface area contributed by atoms with Crippen LogP contribution in [0.25, 0.3) is 6.08 Å². The predicted octanol–water partition coefficient (Wildman–Crippen LogP) is 2.65. The van der Waals surface area contributed by atoms with Gasteiger partial charge in [-0.15, -0.1) is 0 Å². The maximum absolute atomic E-state index is 11.9. The summed E-state index contributed by atoms with van der Waals surface area (Å²) in [4.78, 5) is 17.5. The molecule has 0 atom stereocenters. The van der Waals surface area contributed by atoms with Crippen LogP contribution in [0.3, 0.4) is 0 Å². The Hall–Kier alpha value is -2.36. The van der Waals surface area contributed by atoms with Crippen LogP contribution >= 0.6 is 0 Å². The Kier molecular flexibility index (Phi) is 4.13. The van der Waals surface area contributed by atoms with Crippen molar-refractivity contribution in [2.75, 3.05) is 7.05 Å². The molecule has 0 bridgehead atoms. The molecular weight excluding hydrogens is 240 g/mol. The van der Waals surface area contributed by atoms with Gasteiger partial charge in [-0.3, -0.25) is 9.78 Å². The minimum atomic E-state index is -0.0714. The summed E-state index contributed by atoms with van der Waals surface area (Å²) in [5.74, 6) is 1.56. The molecule has 4 heteroatoms. The molecule has 0 spiro atoms. The van der Waals surface area contributed by atoms with Crippen LogP contribution in [0.2, 0.25) is 0 Å². The summed E-state index contributed by atoms with van der Waals surface area (Å²) in [6.07, 6.45) is 6.69. The summed E-state index contributed by atoms with van der Waals surface area (Å²) in [5.41, 5.74) is 0.901. The Morgan fingerprint density at radius 2 is 2.26 bits per heavy atom. The number of carbonyl (C=O) groups excluding carboxylic acids is 1. The first-order valence-electron chi connectivity index (χ1n) is 6.03. The molecule has 0 aliphatic carbocycles. The van der Waals surface area contributed by atoms with Crippen molar-refractivity contribution in [2.45, 2.75) is 13.5 Å². The van der Waals surface area contributed by atoms with Crippen LogP contribution < -0.4 is 0 Å². The zero-order valence-electron chi connectivity index (χ0n) is 11.0. The highest BCUT2D eigenvalue weighted by atomic mass is 16.3. The summed E-state index contributed by atoms with van der Waals surface area (Å²) in [6.45, 7) is 2.34. The maximum atomic E-state index is 11.9. The number of hydrogen-bond acceptors (Lipinski definition) is 3. The summed E-state index contributed by atoms with van der Waals surface area (Å²) in [5, 5.41) is 0. The highest BCUT2D eigenvalue weighted by molar-refractivity contribution is 5.91. The number of furan rings is 1. The van der Waals surface area contributed by atoms with Gasteiger partial charge in [-0.1, -0.05) is 6.07 Å². The van der Waals surface area contributed by atoms with Crippen LogP contribution in [-0.2, 0) is 11.3 Å². The molecule has 0 aliphatic heterocycles. The van der Waals surface area contributed by atoms with Crippen molar-refractivity contribution in [3.8, 4) is 0 Å². The minimum absolute atomic E-state index is 0.0714. The standard InChI is InChI=1S/C15H16N2O2/c1-12-5-7-14(19-12)11-17(2)15(18)8-6-13-4-3-9-16-10-13/h3-10H,11H2,1-2H3/b8-6+. The van der Waals surface area contributed by atoms with E-state index in [1.54, 1.807) is 30.4 Å². The molecule has 0 aromatic carbocycles. The summed E-state index contributed by atoms with van der Waals surface area (Å²) in [7, 11) is 1.74. The molecule has 2 aromatic rings. The number of amides is 1. The smallest absolute Gasteiger partial charge is 0.246 e. The van der Waals surface area contributed by atoms with Crippen LogP contribution in [0.5, 0.6) is 0 Å². The van der Waals surface area contributed by atoms with Crippen molar-refractivity contribution in [3.05, 3.63) is 59.8 Å². The SMILES string of the molecule is Cc1ccc(CN(C)C(=O)/C=C/c2cccnc2)o1. The lowest BCUT2D eigenvalue weighted by atomic mass is 10.2. The Morgan fingerprint density at radius 1 is 1.42 bits per heavy atom. The number of pyridine rings is 1. The van der Waals surface area contributed by atoms with Gasteiger partial charge in [0.15, 0.2) is 0 Å². The van der Waals surface area contributed by atoms with Crippen molar-refractivity contribution in [2.24, 2.45) is 0 Å². The number of aryl methyl sites for hydroxylation is 1. The molecule has 0 saturated heterocycles. The maximum Gasteiger partial charge on any atom is 0.246 e. The molecular formula is C15H16N2O2. The third-order valence-corrected chi connectivity index (χ3v) is 2.67. The molecule has 98 valence electrons. The molecule has 19 heavy (non-hydrogen) atoms. The van der Waals surface area contributed by atoms with Crippen molar-refractivity contribution in [1.29, 1.82) is 0 Å². The van der Waals surface area contributed by atoms with Gasteiger partial charge in [0.1, 0.15) is 11.5 Å². The van der Waals surface area contributed by atoms with E-state index in [1.807, 2.05) is 31.2 Å². The normalized spacial score (nSPS) is 10.8. The molecule has 0 unspecified atom stereocenters. The first-order chi connectivity index (χ1) is 9.15. The van der Waals surface area contributed by atoms with Crippen LogP contribution in [0.4, 0.5) is 0 Å². The molecule has 1 amide bonds. The van der Waals surface area contributed by atoms with Crippen LogP contribution in [0, 0.1) is 6.92 Å². The first-order valence-corrected chi connectivity index (χ1v) is 6.03. The van der Waals surface area contributed by atoms with E-state index in [1.165, 1.54) is 6.08 Å². The molecule has 0 saturated carbocycles. The minimum Gasteiger partial charge on any atom is -0.464 e. The largest absolute Gasteiger partial charge is 0.464 e. The van der Waals surface area contributed by atoms with Gasteiger partial charge in [-0.2, -0.15) is 0 Å². The third kappa shape index (κ3) is 3.81. The van der Waals surface area contributed by atoms with E-state index in [0.29, 0.717) is 6.54 Å². The lowest BCUT2D eigenvalue weighted by Gasteiger charge is -2.12. The average Bonchev–Trinajstić information content (AvgIpc) is 2.82. The van der Waals surface area contributed by atoms with Crippen LogP contribution in [0.1, 0.15) is 17.1 Å². The van der Waals surface area contributed by atoms with E-state index in [4.69, 9.17) is 4.42 Å². The van der Waals surface area contributed by atoms with Gasteiger partial charge in [0.05, 0.1) is 6.54 Å². The number of likely N-dealkylation sites (N-methyl/N-ethyl adjacent to an activating group) is 1. The van der Waals surface area contributed by atoms with Crippen molar-refractivity contribution >= 4 is 12.0 Å². The van der Waals surface area contributed by atoms with E-state index in [0.717, 1.165) is 17.1 Å². The van der Waals surface area contributed by atoms with Crippen molar-refractivity contribution in [1.82, 2.24) is 9.88 Å². The zero-order chi connectivity index (χ0) is 13.7. The lowest BCUT2D eigenvalue weighted by molar-refractivity contribution is -0.125. The van der Waals surface area contributed by atoms with Gasteiger partial charge in [0.25, 0.3) is 0 Å². The fourth-order valence-corrected chi connectivity index (χ4v) is 1.65. The Labute approximate surface area is 112 Å². The topological polar surface area (TPSA) is 46.3 Å². The summed E-state index contributed by atoms with van der Waals surface area (Å²) in [6, 6.07) is 7.50. The van der Waals surface area contributed by atoms with Gasteiger partial charge >= 0.3 is 0 Å². The highest BCUT2D eigenvalue weighted by Crippen LogP contribution is 2.09. The molecule has 2 rings (SSSR count). The van der Waals surface area contributed by atoms with E-state index >= 15 is 0 Å².